The van der Waals surface area contributed by atoms with Gasteiger partial charge in [-0.1, -0.05) is 18.6 Å². The number of amides is 1. The highest BCUT2D eigenvalue weighted by Gasteiger charge is 2.41. The maximum absolute atomic E-state index is 12.5. The summed E-state index contributed by atoms with van der Waals surface area (Å²) < 4.78 is 24.3. The molecule has 8 heteroatoms. The number of carbonyl (C=O) groups is 1. The van der Waals surface area contributed by atoms with Crippen molar-refractivity contribution in [1.29, 1.82) is 0 Å². The van der Waals surface area contributed by atoms with E-state index >= 15 is 0 Å². The first kappa shape index (κ1) is 18.4. The Kier molecular flexibility index (Phi) is 5.19. The van der Waals surface area contributed by atoms with Crippen molar-refractivity contribution < 1.29 is 13.2 Å². The Morgan fingerprint density at radius 3 is 2.74 bits per heavy atom. The maximum Gasteiger partial charge on any atom is 0.220 e. The molecule has 2 unspecified atom stereocenters. The second-order valence-electron chi connectivity index (χ2n) is 7.62. The van der Waals surface area contributed by atoms with Crippen LogP contribution in [0.5, 0.6) is 0 Å². The van der Waals surface area contributed by atoms with Gasteiger partial charge in [-0.05, 0) is 38.1 Å². The number of carbonyl (C=O) groups excluding carboxylic acids is 1. The van der Waals surface area contributed by atoms with E-state index in [0.29, 0.717) is 12.8 Å². The molecule has 1 aromatic carbocycles. The molecule has 0 bridgehead atoms. The molecule has 2 aliphatic heterocycles. The lowest BCUT2D eigenvalue weighted by Gasteiger charge is -2.35. The summed E-state index contributed by atoms with van der Waals surface area (Å²) in [4.78, 5) is 22.4. The number of H-pyrrole nitrogens is 1. The number of aromatic amines is 1. The number of benzene rings is 1. The van der Waals surface area contributed by atoms with Gasteiger partial charge in [-0.15, -0.1) is 0 Å². The topological polar surface area (TPSA) is 95.2 Å². The second kappa shape index (κ2) is 7.59. The maximum atomic E-state index is 12.5. The fraction of sp³-hybridized carbons (Fsp3) is 0.579. The SMILES string of the molecule is O=C(CCc1nc2ccccc2[nH]1)NC1CS(=O)(=O)CC1N1CCCCC1. The predicted octanol–water partition coefficient (Wildman–Crippen LogP) is 1.26. The van der Waals surface area contributed by atoms with Gasteiger partial charge in [0, 0.05) is 18.9 Å². The average molecular weight is 391 g/mol. The van der Waals surface area contributed by atoms with Gasteiger partial charge >= 0.3 is 0 Å². The zero-order chi connectivity index (χ0) is 18.9. The number of fused-ring (bicyclic) bond motifs is 1. The summed E-state index contributed by atoms with van der Waals surface area (Å²) in [6.45, 7) is 1.84. The number of likely N-dealkylation sites (tertiary alicyclic amines) is 1. The number of piperidine rings is 1. The number of aromatic nitrogens is 2. The van der Waals surface area contributed by atoms with Gasteiger partial charge in [0.15, 0.2) is 9.84 Å². The van der Waals surface area contributed by atoms with E-state index in [2.05, 4.69) is 20.2 Å². The van der Waals surface area contributed by atoms with E-state index in [4.69, 9.17) is 0 Å². The highest BCUT2D eigenvalue weighted by atomic mass is 32.2. The molecule has 3 heterocycles. The van der Waals surface area contributed by atoms with Crippen LogP contribution < -0.4 is 5.32 Å². The van der Waals surface area contributed by atoms with Gasteiger partial charge in [-0.2, -0.15) is 0 Å². The van der Waals surface area contributed by atoms with Crippen LogP contribution in [0.15, 0.2) is 24.3 Å². The van der Waals surface area contributed by atoms with E-state index in [0.717, 1.165) is 42.8 Å². The van der Waals surface area contributed by atoms with Crippen molar-refractivity contribution in [3.05, 3.63) is 30.1 Å². The van der Waals surface area contributed by atoms with Crippen LogP contribution in [-0.2, 0) is 21.1 Å². The molecule has 2 aliphatic rings. The summed E-state index contributed by atoms with van der Waals surface area (Å²) in [6, 6.07) is 7.36. The first-order valence-corrected chi connectivity index (χ1v) is 11.5. The van der Waals surface area contributed by atoms with E-state index in [1.54, 1.807) is 0 Å². The van der Waals surface area contributed by atoms with Gasteiger partial charge in [0.2, 0.25) is 5.91 Å². The summed E-state index contributed by atoms with van der Waals surface area (Å²) >= 11 is 0. The molecular formula is C19H26N4O3S. The van der Waals surface area contributed by atoms with Gasteiger partial charge in [0.1, 0.15) is 5.82 Å². The molecule has 2 N–H and O–H groups in total. The molecule has 2 saturated heterocycles. The second-order valence-corrected chi connectivity index (χ2v) is 9.77. The van der Waals surface area contributed by atoms with Gasteiger partial charge in [0.25, 0.3) is 0 Å². The molecular weight excluding hydrogens is 364 g/mol. The number of nitrogens with zero attached hydrogens (tertiary/aromatic N) is 2. The van der Waals surface area contributed by atoms with Crippen LogP contribution in [0.25, 0.3) is 11.0 Å². The molecule has 4 rings (SSSR count). The van der Waals surface area contributed by atoms with Gasteiger partial charge in [0.05, 0.1) is 28.6 Å². The summed E-state index contributed by atoms with van der Waals surface area (Å²) in [7, 11) is -3.10. The number of para-hydroxylation sites is 2. The van der Waals surface area contributed by atoms with E-state index < -0.39 is 9.84 Å². The van der Waals surface area contributed by atoms with Crippen LogP contribution in [0.4, 0.5) is 0 Å². The molecule has 7 nitrogen and oxygen atoms in total. The lowest BCUT2D eigenvalue weighted by atomic mass is 10.0. The summed E-state index contributed by atoms with van der Waals surface area (Å²) in [5.74, 6) is 0.865. The van der Waals surface area contributed by atoms with E-state index in [1.807, 2.05) is 24.3 Å². The highest BCUT2D eigenvalue weighted by Crippen LogP contribution is 2.22. The van der Waals surface area contributed by atoms with Gasteiger partial charge in [-0.25, -0.2) is 13.4 Å². The summed E-state index contributed by atoms with van der Waals surface area (Å²) in [5.41, 5.74) is 1.85. The molecule has 27 heavy (non-hydrogen) atoms. The number of sulfone groups is 1. The number of hydrogen-bond donors (Lipinski definition) is 2. The number of imidazole rings is 1. The standard InChI is InChI=1S/C19H26N4O3S/c24-19(9-8-18-20-14-6-2-3-7-15(14)21-18)22-16-12-27(25,26)13-17(16)23-10-4-1-5-11-23/h2-3,6-7,16-17H,1,4-5,8-13H2,(H,20,21)(H,22,24). The van der Waals surface area contributed by atoms with Crippen molar-refractivity contribution in [2.75, 3.05) is 24.6 Å². The largest absolute Gasteiger partial charge is 0.351 e. The zero-order valence-corrected chi connectivity index (χ0v) is 16.2. The van der Waals surface area contributed by atoms with E-state index in [-0.39, 0.29) is 29.5 Å². The molecule has 2 aromatic rings. The fourth-order valence-electron chi connectivity index (χ4n) is 4.21. The van der Waals surface area contributed by atoms with E-state index in [1.165, 1.54) is 6.42 Å². The number of rotatable bonds is 5. The monoisotopic (exact) mass is 390 g/mol. The Labute approximate surface area is 159 Å². The van der Waals surface area contributed by atoms with Crippen molar-refractivity contribution >= 4 is 26.8 Å². The lowest BCUT2D eigenvalue weighted by Crippen LogP contribution is -2.52. The molecule has 1 amide bonds. The van der Waals surface area contributed by atoms with Gasteiger partial charge in [-0.3, -0.25) is 9.69 Å². The fourth-order valence-corrected chi connectivity index (χ4v) is 6.16. The van der Waals surface area contributed by atoms with Crippen LogP contribution in [-0.4, -0.2) is 65.9 Å². The molecule has 0 spiro atoms. The van der Waals surface area contributed by atoms with Crippen LogP contribution >= 0.6 is 0 Å². The number of aryl methyl sites for hydroxylation is 1. The minimum Gasteiger partial charge on any atom is -0.351 e. The Morgan fingerprint density at radius 1 is 1.19 bits per heavy atom. The van der Waals surface area contributed by atoms with Crippen LogP contribution in [0.3, 0.4) is 0 Å². The highest BCUT2D eigenvalue weighted by molar-refractivity contribution is 7.91. The lowest BCUT2D eigenvalue weighted by molar-refractivity contribution is -0.122. The van der Waals surface area contributed by atoms with Gasteiger partial charge < -0.3 is 10.3 Å². The van der Waals surface area contributed by atoms with E-state index in [9.17, 15) is 13.2 Å². The Balaban J connectivity index is 1.36. The third-order valence-corrected chi connectivity index (χ3v) is 7.27. The molecule has 0 radical (unpaired) electrons. The average Bonchev–Trinajstić information content (AvgIpc) is 3.20. The Morgan fingerprint density at radius 2 is 1.96 bits per heavy atom. The number of nitrogens with one attached hydrogen (secondary N) is 2. The summed E-state index contributed by atoms with van der Waals surface area (Å²) in [5, 5.41) is 2.98. The Hall–Kier alpha value is -1.93. The molecule has 0 aliphatic carbocycles. The zero-order valence-electron chi connectivity index (χ0n) is 15.4. The van der Waals surface area contributed by atoms with Crippen molar-refractivity contribution in [2.45, 2.75) is 44.2 Å². The smallest absolute Gasteiger partial charge is 0.220 e. The quantitative estimate of drug-likeness (QED) is 0.802. The minimum absolute atomic E-state index is 0.0462. The number of hydrogen-bond acceptors (Lipinski definition) is 5. The molecule has 1 aromatic heterocycles. The first-order chi connectivity index (χ1) is 13.0. The molecule has 146 valence electrons. The van der Waals surface area contributed by atoms with Crippen molar-refractivity contribution in [2.24, 2.45) is 0 Å². The molecule has 0 saturated carbocycles. The Bertz CT molecular complexity index is 885. The normalized spacial score (nSPS) is 25.6. The summed E-state index contributed by atoms with van der Waals surface area (Å²) in [6.07, 6.45) is 4.20. The van der Waals surface area contributed by atoms with Crippen LogP contribution in [0.1, 0.15) is 31.5 Å². The van der Waals surface area contributed by atoms with Crippen molar-refractivity contribution in [1.82, 2.24) is 20.2 Å². The minimum atomic E-state index is -3.10. The first-order valence-electron chi connectivity index (χ1n) is 9.68. The third kappa shape index (κ3) is 4.32. The third-order valence-electron chi connectivity index (χ3n) is 5.56. The molecule has 2 atom stereocenters. The predicted molar refractivity (Wildman–Crippen MR) is 104 cm³/mol. The van der Waals surface area contributed by atoms with Crippen molar-refractivity contribution in [3.63, 3.8) is 0 Å². The van der Waals surface area contributed by atoms with Crippen molar-refractivity contribution in [3.8, 4) is 0 Å². The molecule has 2 fully saturated rings. The van der Waals surface area contributed by atoms with Crippen LogP contribution in [0, 0.1) is 0 Å². The van der Waals surface area contributed by atoms with Crippen LogP contribution in [0.2, 0.25) is 0 Å².